The van der Waals surface area contributed by atoms with Crippen LogP contribution in [0.1, 0.15) is 41.2 Å². The number of carbonyl (C=O) groups excluding carboxylic acids is 1. The Morgan fingerprint density at radius 1 is 1.48 bits per heavy atom. The van der Waals surface area contributed by atoms with Gasteiger partial charge in [-0.1, -0.05) is 6.92 Å². The maximum Gasteiger partial charge on any atom is 0.264 e. The van der Waals surface area contributed by atoms with Crippen molar-refractivity contribution in [1.29, 1.82) is 0 Å². The van der Waals surface area contributed by atoms with Crippen molar-refractivity contribution in [3.05, 3.63) is 28.7 Å². The normalized spacial score (nSPS) is 17.9. The van der Waals surface area contributed by atoms with Crippen LogP contribution < -0.4 is 0 Å². The minimum Gasteiger partial charge on any atom is -0.328 e. The highest BCUT2D eigenvalue weighted by Gasteiger charge is 2.29. The van der Waals surface area contributed by atoms with Crippen LogP contribution in [0.15, 0.2) is 16.3 Å². The summed E-state index contributed by atoms with van der Waals surface area (Å²) in [5.74, 6) is 2.92. The van der Waals surface area contributed by atoms with Crippen molar-refractivity contribution in [1.82, 2.24) is 19.7 Å². The molecule has 3 heterocycles. The van der Waals surface area contributed by atoms with Gasteiger partial charge in [0.25, 0.3) is 5.91 Å². The Bertz CT molecular complexity index is 664. The topological polar surface area (TPSA) is 51.0 Å². The molecule has 1 atom stereocenters. The van der Waals surface area contributed by atoms with Crippen LogP contribution in [0.4, 0.5) is 0 Å². The van der Waals surface area contributed by atoms with Crippen LogP contribution in [0.2, 0.25) is 0 Å². The fraction of sp³-hybridized carbons (Fsp3) is 0.500. The number of nitrogens with zero attached hydrogens (tertiary/aromatic N) is 4. The number of fused-ring (bicyclic) bond motifs is 1. The SMILES string of the molecule is CCSc1ccc(C(=O)N2Cc3nnc(C)n3[C@H](C)C2)s1. The van der Waals surface area contributed by atoms with E-state index in [0.717, 1.165) is 22.3 Å². The summed E-state index contributed by atoms with van der Waals surface area (Å²) in [6, 6.07) is 4.18. The molecular weight excluding hydrogens is 304 g/mol. The van der Waals surface area contributed by atoms with Gasteiger partial charge in [-0.25, -0.2) is 0 Å². The van der Waals surface area contributed by atoms with Gasteiger partial charge < -0.3 is 9.47 Å². The van der Waals surface area contributed by atoms with Gasteiger partial charge in [0.15, 0.2) is 5.82 Å². The van der Waals surface area contributed by atoms with Gasteiger partial charge in [0.2, 0.25) is 0 Å². The summed E-state index contributed by atoms with van der Waals surface area (Å²) in [4.78, 5) is 15.3. The number of thioether (sulfide) groups is 1. The van der Waals surface area contributed by atoms with Gasteiger partial charge in [0.05, 0.1) is 21.7 Å². The van der Waals surface area contributed by atoms with Crippen molar-refractivity contribution in [2.75, 3.05) is 12.3 Å². The lowest BCUT2D eigenvalue weighted by Crippen LogP contribution is -2.40. The first-order valence-electron chi connectivity index (χ1n) is 7.02. The number of thiophene rings is 1. The molecule has 0 saturated carbocycles. The van der Waals surface area contributed by atoms with Gasteiger partial charge in [-0.05, 0) is 31.7 Å². The highest BCUT2D eigenvalue weighted by molar-refractivity contribution is 8.01. The first-order valence-corrected chi connectivity index (χ1v) is 8.82. The Morgan fingerprint density at radius 3 is 3.05 bits per heavy atom. The Labute approximate surface area is 132 Å². The number of hydrogen-bond donors (Lipinski definition) is 0. The van der Waals surface area contributed by atoms with Crippen LogP contribution in [0.5, 0.6) is 0 Å². The third kappa shape index (κ3) is 2.72. The van der Waals surface area contributed by atoms with Gasteiger partial charge in [-0.2, -0.15) is 0 Å². The van der Waals surface area contributed by atoms with Crippen molar-refractivity contribution in [2.24, 2.45) is 0 Å². The number of hydrogen-bond acceptors (Lipinski definition) is 5. The van der Waals surface area contributed by atoms with Crippen LogP contribution in [0, 0.1) is 6.92 Å². The maximum absolute atomic E-state index is 12.6. The summed E-state index contributed by atoms with van der Waals surface area (Å²) in [6.45, 7) is 7.43. The summed E-state index contributed by atoms with van der Waals surface area (Å²) in [5.41, 5.74) is 0. The zero-order valence-corrected chi connectivity index (χ0v) is 14.0. The first-order chi connectivity index (χ1) is 10.1. The van der Waals surface area contributed by atoms with Gasteiger partial charge in [0, 0.05) is 6.54 Å². The molecule has 2 aromatic rings. The molecule has 0 fully saturated rings. The molecule has 0 aliphatic carbocycles. The van der Waals surface area contributed by atoms with Crippen LogP contribution in [-0.4, -0.2) is 37.9 Å². The number of carbonyl (C=O) groups is 1. The van der Waals surface area contributed by atoms with E-state index in [1.807, 2.05) is 24.0 Å². The average Bonchev–Trinajstić information content (AvgIpc) is 3.06. The average molecular weight is 322 g/mol. The molecule has 0 aromatic carbocycles. The second-order valence-corrected chi connectivity index (χ2v) is 7.77. The summed E-state index contributed by atoms with van der Waals surface area (Å²) >= 11 is 3.35. The molecule has 1 aliphatic heterocycles. The summed E-state index contributed by atoms with van der Waals surface area (Å²) in [7, 11) is 0. The predicted octanol–water partition coefficient (Wildman–Crippen LogP) is 2.98. The van der Waals surface area contributed by atoms with E-state index in [9.17, 15) is 4.79 Å². The molecular formula is C14H18N4OS2. The van der Waals surface area contributed by atoms with Gasteiger partial charge in [0.1, 0.15) is 5.82 Å². The highest BCUT2D eigenvalue weighted by atomic mass is 32.2. The molecule has 0 spiro atoms. The molecule has 0 N–H and O–H groups in total. The van der Waals surface area contributed by atoms with E-state index in [1.54, 1.807) is 23.1 Å². The van der Waals surface area contributed by atoms with Gasteiger partial charge in [-0.3, -0.25) is 4.79 Å². The minimum atomic E-state index is 0.0988. The lowest BCUT2D eigenvalue weighted by atomic mass is 10.2. The molecule has 1 amide bonds. The van der Waals surface area contributed by atoms with Crippen molar-refractivity contribution < 1.29 is 4.79 Å². The third-order valence-corrected chi connectivity index (χ3v) is 5.74. The Hall–Kier alpha value is -1.34. The minimum absolute atomic E-state index is 0.0988. The van der Waals surface area contributed by atoms with Crippen LogP contribution in [0.3, 0.4) is 0 Å². The molecule has 7 heteroatoms. The smallest absolute Gasteiger partial charge is 0.264 e. The van der Waals surface area contributed by atoms with E-state index in [0.29, 0.717) is 13.1 Å². The Kier molecular flexibility index (Phi) is 4.03. The van der Waals surface area contributed by atoms with Crippen molar-refractivity contribution >= 4 is 29.0 Å². The number of rotatable bonds is 3. The number of amides is 1. The predicted molar refractivity (Wildman–Crippen MR) is 84.9 cm³/mol. The van der Waals surface area contributed by atoms with Gasteiger partial charge >= 0.3 is 0 Å². The molecule has 3 rings (SSSR count). The molecule has 21 heavy (non-hydrogen) atoms. The van der Waals surface area contributed by atoms with Crippen molar-refractivity contribution in [3.63, 3.8) is 0 Å². The molecule has 0 saturated heterocycles. The van der Waals surface area contributed by atoms with Crippen LogP contribution >= 0.6 is 23.1 Å². The van der Waals surface area contributed by atoms with Crippen molar-refractivity contribution in [2.45, 2.75) is 37.6 Å². The standard InChI is InChI=1S/C14H18N4OS2/c1-4-20-13-6-5-11(21-13)14(19)17-7-9(2)18-10(3)15-16-12(18)8-17/h5-6,9H,4,7-8H2,1-3H3/t9-/m1/s1. The summed E-state index contributed by atoms with van der Waals surface area (Å²) in [5, 5.41) is 8.30. The zero-order valence-electron chi connectivity index (χ0n) is 12.4. The molecule has 112 valence electrons. The molecule has 0 radical (unpaired) electrons. The summed E-state index contributed by atoms with van der Waals surface area (Å²) in [6.07, 6.45) is 0. The summed E-state index contributed by atoms with van der Waals surface area (Å²) < 4.78 is 3.32. The zero-order chi connectivity index (χ0) is 15.0. The monoisotopic (exact) mass is 322 g/mol. The lowest BCUT2D eigenvalue weighted by molar-refractivity contribution is 0.0685. The molecule has 5 nitrogen and oxygen atoms in total. The Balaban J connectivity index is 1.80. The molecule has 1 aliphatic rings. The fourth-order valence-electron chi connectivity index (χ4n) is 2.70. The molecule has 2 aromatic heterocycles. The van der Waals surface area contributed by atoms with E-state index < -0.39 is 0 Å². The second-order valence-electron chi connectivity index (χ2n) is 5.12. The van der Waals surface area contributed by atoms with Crippen LogP contribution in [-0.2, 0) is 6.54 Å². The quantitative estimate of drug-likeness (QED) is 0.815. The maximum atomic E-state index is 12.6. The van der Waals surface area contributed by atoms with E-state index >= 15 is 0 Å². The fourth-order valence-corrected chi connectivity index (χ4v) is 4.71. The van der Waals surface area contributed by atoms with E-state index in [2.05, 4.69) is 28.6 Å². The first kappa shape index (κ1) is 14.6. The third-order valence-electron chi connectivity index (χ3n) is 3.56. The van der Waals surface area contributed by atoms with Crippen LogP contribution in [0.25, 0.3) is 0 Å². The van der Waals surface area contributed by atoms with E-state index in [1.165, 1.54) is 4.21 Å². The van der Waals surface area contributed by atoms with E-state index in [4.69, 9.17) is 0 Å². The van der Waals surface area contributed by atoms with Gasteiger partial charge in [-0.15, -0.1) is 33.3 Å². The second kappa shape index (κ2) is 5.81. The molecule has 0 bridgehead atoms. The molecule has 0 unspecified atom stereocenters. The largest absolute Gasteiger partial charge is 0.328 e. The Morgan fingerprint density at radius 2 is 2.29 bits per heavy atom. The van der Waals surface area contributed by atoms with E-state index in [-0.39, 0.29) is 11.9 Å². The highest BCUT2D eigenvalue weighted by Crippen LogP contribution is 2.29. The van der Waals surface area contributed by atoms with Crippen molar-refractivity contribution in [3.8, 4) is 0 Å². The number of aryl methyl sites for hydroxylation is 1. The lowest BCUT2D eigenvalue weighted by Gasteiger charge is -2.32. The number of aromatic nitrogens is 3.